The van der Waals surface area contributed by atoms with Crippen LogP contribution in [0.1, 0.15) is 20.3 Å². The molecule has 14 heavy (non-hydrogen) atoms. The molecule has 1 N–H and O–H groups in total. The second-order valence-electron chi connectivity index (χ2n) is 4.36. The van der Waals surface area contributed by atoms with E-state index in [0.29, 0.717) is 6.42 Å². The molecule has 1 aliphatic carbocycles. The Balaban J connectivity index is 2.75. The molecule has 2 atom stereocenters. The zero-order chi connectivity index (χ0) is 11.4. The topological polar surface area (TPSA) is 20.2 Å². The zero-order valence-corrected chi connectivity index (χ0v) is 9.21. The number of rotatable bonds is 2. The maximum Gasteiger partial charge on any atom is 0.424 e. The lowest BCUT2D eigenvalue weighted by Crippen LogP contribution is -2.46. The fraction of sp³-hybridized carbons (Fsp3) is 1.00. The van der Waals surface area contributed by atoms with Gasteiger partial charge >= 0.3 is 6.18 Å². The van der Waals surface area contributed by atoms with Gasteiger partial charge in [-0.2, -0.15) is 13.2 Å². The van der Waals surface area contributed by atoms with Gasteiger partial charge in [0.1, 0.15) is 0 Å². The lowest BCUT2D eigenvalue weighted by molar-refractivity contribution is -0.165. The summed E-state index contributed by atoms with van der Waals surface area (Å²) in [5, 5.41) is 9.40. The SMILES string of the molecule is CC1(C)C[C@H]1[C@@H](O)C(Cl)(Cl)C(F)(F)F. The standard InChI is InChI=1S/C8H11Cl2F3O/c1-6(2)3-4(6)5(14)7(9,10)8(11,12)13/h4-5,14H,3H2,1-2H3/t4-,5+/m0/s1. The monoisotopic (exact) mass is 250 g/mol. The fourth-order valence-corrected chi connectivity index (χ4v) is 1.77. The van der Waals surface area contributed by atoms with Crippen molar-refractivity contribution < 1.29 is 18.3 Å². The molecule has 0 bridgehead atoms. The average molecular weight is 251 g/mol. The molecule has 1 nitrogen and oxygen atoms in total. The van der Waals surface area contributed by atoms with Crippen molar-refractivity contribution in [2.75, 3.05) is 0 Å². The second-order valence-corrected chi connectivity index (χ2v) is 5.75. The van der Waals surface area contributed by atoms with E-state index >= 15 is 0 Å². The predicted molar refractivity (Wildman–Crippen MR) is 48.4 cm³/mol. The normalized spacial score (nSPS) is 28.7. The number of hydrogen-bond acceptors (Lipinski definition) is 1. The summed E-state index contributed by atoms with van der Waals surface area (Å²) in [4.78, 5) is 0. The number of aliphatic hydroxyl groups is 1. The highest BCUT2D eigenvalue weighted by Gasteiger charge is 2.65. The number of hydrogen-bond donors (Lipinski definition) is 1. The summed E-state index contributed by atoms with van der Waals surface area (Å²) in [6.45, 7) is 3.53. The van der Waals surface area contributed by atoms with Gasteiger partial charge in [-0.15, -0.1) is 0 Å². The summed E-state index contributed by atoms with van der Waals surface area (Å²) >= 11 is 10.2. The maximum atomic E-state index is 12.3. The first-order chi connectivity index (χ1) is 6.00. The van der Waals surface area contributed by atoms with Crippen LogP contribution in [-0.4, -0.2) is 21.7 Å². The number of alkyl halides is 5. The number of halogens is 5. The Bertz CT molecular complexity index is 237. The number of aliphatic hydroxyl groups excluding tert-OH is 1. The molecule has 0 aromatic rings. The minimum Gasteiger partial charge on any atom is -0.389 e. The Labute approximate surface area is 90.2 Å². The van der Waals surface area contributed by atoms with Crippen LogP contribution < -0.4 is 0 Å². The van der Waals surface area contributed by atoms with Gasteiger partial charge in [0.25, 0.3) is 0 Å². The van der Waals surface area contributed by atoms with E-state index in [2.05, 4.69) is 0 Å². The first-order valence-electron chi connectivity index (χ1n) is 4.13. The molecule has 84 valence electrons. The van der Waals surface area contributed by atoms with Gasteiger partial charge in [0.05, 0.1) is 6.10 Å². The summed E-state index contributed by atoms with van der Waals surface area (Å²) in [5.74, 6) is -0.487. The molecule has 1 fully saturated rings. The van der Waals surface area contributed by atoms with E-state index in [9.17, 15) is 18.3 Å². The summed E-state index contributed by atoms with van der Waals surface area (Å²) in [6, 6.07) is 0. The Hall–Kier alpha value is 0.330. The maximum absolute atomic E-state index is 12.3. The lowest BCUT2D eigenvalue weighted by Gasteiger charge is -2.28. The van der Waals surface area contributed by atoms with Crippen LogP contribution in [0.25, 0.3) is 0 Å². The van der Waals surface area contributed by atoms with E-state index in [-0.39, 0.29) is 5.41 Å². The van der Waals surface area contributed by atoms with Crippen LogP contribution in [0.4, 0.5) is 13.2 Å². The van der Waals surface area contributed by atoms with E-state index in [1.165, 1.54) is 0 Å². The summed E-state index contributed by atoms with van der Waals surface area (Å²) in [7, 11) is 0. The van der Waals surface area contributed by atoms with Crippen molar-refractivity contribution in [1.82, 2.24) is 0 Å². The van der Waals surface area contributed by atoms with Crippen LogP contribution in [-0.2, 0) is 0 Å². The quantitative estimate of drug-likeness (QED) is 0.747. The van der Waals surface area contributed by atoms with Gasteiger partial charge < -0.3 is 5.11 Å². The van der Waals surface area contributed by atoms with Crippen molar-refractivity contribution in [3.63, 3.8) is 0 Å². The van der Waals surface area contributed by atoms with E-state index in [4.69, 9.17) is 23.2 Å². The molecule has 1 aliphatic rings. The highest BCUT2D eigenvalue weighted by atomic mass is 35.5. The molecule has 0 aromatic heterocycles. The second kappa shape index (κ2) is 3.16. The van der Waals surface area contributed by atoms with Crippen LogP contribution in [0.15, 0.2) is 0 Å². The molecule has 0 aliphatic heterocycles. The molecule has 0 heterocycles. The van der Waals surface area contributed by atoms with Crippen molar-refractivity contribution >= 4 is 23.2 Å². The van der Waals surface area contributed by atoms with Gasteiger partial charge in [-0.1, -0.05) is 37.0 Å². The predicted octanol–water partition coefficient (Wildman–Crippen LogP) is 3.13. The molecule has 0 radical (unpaired) electrons. The molecule has 0 amide bonds. The van der Waals surface area contributed by atoms with Gasteiger partial charge in [0.2, 0.25) is 4.33 Å². The summed E-state index contributed by atoms with van der Waals surface area (Å²) < 4.78 is 33.8. The Morgan fingerprint density at radius 2 is 1.71 bits per heavy atom. The molecule has 0 spiro atoms. The van der Waals surface area contributed by atoms with Crippen molar-refractivity contribution in [1.29, 1.82) is 0 Å². The van der Waals surface area contributed by atoms with Crippen LogP contribution in [0, 0.1) is 11.3 Å². The third-order valence-electron chi connectivity index (χ3n) is 2.72. The molecular formula is C8H11Cl2F3O. The Morgan fingerprint density at radius 3 is 1.93 bits per heavy atom. The van der Waals surface area contributed by atoms with E-state index in [1.807, 2.05) is 0 Å². The third kappa shape index (κ3) is 1.97. The van der Waals surface area contributed by atoms with Gasteiger partial charge in [-0.05, 0) is 17.8 Å². The fourth-order valence-electron chi connectivity index (χ4n) is 1.47. The molecule has 0 aromatic carbocycles. The highest BCUT2D eigenvalue weighted by Crippen LogP contribution is 2.59. The summed E-state index contributed by atoms with van der Waals surface area (Å²) in [6.07, 6.45) is -6.07. The highest BCUT2D eigenvalue weighted by molar-refractivity contribution is 6.49. The van der Waals surface area contributed by atoms with Crippen molar-refractivity contribution in [3.05, 3.63) is 0 Å². The van der Waals surface area contributed by atoms with E-state index in [1.54, 1.807) is 13.8 Å². The first kappa shape index (κ1) is 12.4. The van der Waals surface area contributed by atoms with Crippen molar-refractivity contribution in [2.45, 2.75) is 36.9 Å². The third-order valence-corrected chi connectivity index (χ3v) is 3.60. The molecule has 1 saturated carbocycles. The van der Waals surface area contributed by atoms with Crippen molar-refractivity contribution in [2.24, 2.45) is 11.3 Å². The van der Waals surface area contributed by atoms with Crippen LogP contribution >= 0.6 is 23.2 Å². The lowest BCUT2D eigenvalue weighted by atomic mass is 10.0. The van der Waals surface area contributed by atoms with Gasteiger partial charge in [-0.25, -0.2) is 0 Å². The minimum atomic E-state index is -4.81. The minimum absolute atomic E-state index is 0.306. The van der Waals surface area contributed by atoms with Crippen LogP contribution in [0.3, 0.4) is 0 Å². The average Bonchev–Trinajstić information content (AvgIpc) is 2.55. The van der Waals surface area contributed by atoms with E-state index < -0.39 is 22.5 Å². The molecule has 0 saturated heterocycles. The zero-order valence-electron chi connectivity index (χ0n) is 7.70. The largest absolute Gasteiger partial charge is 0.424 e. The molecular weight excluding hydrogens is 240 g/mol. The Morgan fingerprint density at radius 1 is 1.36 bits per heavy atom. The molecule has 6 heteroatoms. The van der Waals surface area contributed by atoms with Crippen LogP contribution in [0.2, 0.25) is 0 Å². The molecule has 1 rings (SSSR count). The van der Waals surface area contributed by atoms with Crippen molar-refractivity contribution in [3.8, 4) is 0 Å². The smallest absolute Gasteiger partial charge is 0.389 e. The molecule has 0 unspecified atom stereocenters. The summed E-state index contributed by atoms with van der Waals surface area (Å²) in [5.41, 5.74) is -0.306. The first-order valence-corrected chi connectivity index (χ1v) is 4.88. The van der Waals surface area contributed by atoms with Gasteiger partial charge in [0.15, 0.2) is 0 Å². The van der Waals surface area contributed by atoms with Crippen LogP contribution in [0.5, 0.6) is 0 Å². The van der Waals surface area contributed by atoms with E-state index in [0.717, 1.165) is 0 Å². The Kier molecular flexibility index (Phi) is 2.80. The van der Waals surface area contributed by atoms with Gasteiger partial charge in [-0.3, -0.25) is 0 Å². The van der Waals surface area contributed by atoms with Gasteiger partial charge in [0, 0.05) is 0 Å².